The monoisotopic (exact) mass is 428 g/mol. The van der Waals surface area contributed by atoms with Crippen LogP contribution >= 0.6 is 0 Å². The molecule has 2 aromatic heterocycles. The van der Waals surface area contributed by atoms with Crippen LogP contribution in [0.1, 0.15) is 33.6 Å². The molecule has 0 saturated carbocycles. The highest BCUT2D eigenvalue weighted by Crippen LogP contribution is 2.39. The van der Waals surface area contributed by atoms with Crippen LogP contribution in [0.5, 0.6) is 5.75 Å². The Morgan fingerprint density at radius 1 is 1.16 bits per heavy atom. The molecular formula is C23H32N4O4. The number of amides is 1. The van der Waals surface area contributed by atoms with E-state index < -0.39 is 5.60 Å². The third-order valence-corrected chi connectivity index (χ3v) is 6.30. The van der Waals surface area contributed by atoms with Crippen LogP contribution in [0.25, 0.3) is 11.0 Å². The smallest absolute Gasteiger partial charge is 0.410 e. The maximum absolute atomic E-state index is 12.5. The Bertz CT molecular complexity index is 1030. The SMILES string of the molecule is COc1cnc2ccc(=O)n(CCN3CCC4(CCN(C(=O)OC(C)(C)C)C4)C3)c2c1. The Morgan fingerprint density at radius 3 is 2.68 bits per heavy atom. The number of rotatable bonds is 4. The molecule has 2 aliphatic rings. The van der Waals surface area contributed by atoms with E-state index in [1.54, 1.807) is 30.0 Å². The zero-order chi connectivity index (χ0) is 22.2. The van der Waals surface area contributed by atoms with Crippen LogP contribution in [0.2, 0.25) is 0 Å². The number of fused-ring (bicyclic) bond motifs is 1. The Kier molecular flexibility index (Phi) is 5.68. The van der Waals surface area contributed by atoms with Crippen LogP contribution in [0.4, 0.5) is 4.79 Å². The zero-order valence-electron chi connectivity index (χ0n) is 18.9. The lowest BCUT2D eigenvalue weighted by Crippen LogP contribution is -2.38. The summed E-state index contributed by atoms with van der Waals surface area (Å²) in [5, 5.41) is 0. The van der Waals surface area contributed by atoms with Crippen molar-refractivity contribution in [2.45, 2.75) is 45.8 Å². The van der Waals surface area contributed by atoms with Crippen LogP contribution in [-0.2, 0) is 11.3 Å². The summed E-state index contributed by atoms with van der Waals surface area (Å²) < 4.78 is 12.6. The first-order valence-corrected chi connectivity index (χ1v) is 10.9. The number of likely N-dealkylation sites (tertiary alicyclic amines) is 2. The topological polar surface area (TPSA) is 76.9 Å². The van der Waals surface area contributed by atoms with Crippen molar-refractivity contribution in [3.8, 4) is 5.75 Å². The highest BCUT2D eigenvalue weighted by atomic mass is 16.6. The van der Waals surface area contributed by atoms with Crippen molar-refractivity contribution >= 4 is 17.1 Å². The molecule has 0 aliphatic carbocycles. The number of ether oxygens (including phenoxy) is 2. The first kappa shape index (κ1) is 21.6. The molecule has 168 valence electrons. The van der Waals surface area contributed by atoms with E-state index in [0.717, 1.165) is 56.6 Å². The van der Waals surface area contributed by atoms with Gasteiger partial charge in [0.15, 0.2) is 0 Å². The Morgan fingerprint density at radius 2 is 1.94 bits per heavy atom. The summed E-state index contributed by atoms with van der Waals surface area (Å²) in [6.45, 7) is 10.5. The second-order valence-corrected chi connectivity index (χ2v) is 9.78. The quantitative estimate of drug-likeness (QED) is 0.745. The fraction of sp³-hybridized carbons (Fsp3) is 0.609. The van der Waals surface area contributed by atoms with Crippen molar-refractivity contribution in [2.75, 3.05) is 39.8 Å². The maximum atomic E-state index is 12.5. The van der Waals surface area contributed by atoms with Gasteiger partial charge in [-0.3, -0.25) is 9.78 Å². The second-order valence-electron chi connectivity index (χ2n) is 9.78. The molecule has 8 heteroatoms. The number of aromatic nitrogens is 2. The first-order chi connectivity index (χ1) is 14.7. The van der Waals surface area contributed by atoms with Crippen molar-refractivity contribution in [1.29, 1.82) is 0 Å². The van der Waals surface area contributed by atoms with Crippen LogP contribution in [0, 0.1) is 5.41 Å². The van der Waals surface area contributed by atoms with Gasteiger partial charge in [-0.05, 0) is 46.2 Å². The van der Waals surface area contributed by atoms with Crippen molar-refractivity contribution < 1.29 is 14.3 Å². The summed E-state index contributed by atoms with van der Waals surface area (Å²) in [7, 11) is 1.60. The van der Waals surface area contributed by atoms with Crippen molar-refractivity contribution in [2.24, 2.45) is 5.41 Å². The standard InChI is InChI=1S/C23H32N4O4/c1-22(2,3)31-21(29)26-10-8-23(16-26)7-9-25(15-23)11-12-27-19-13-17(30-4)14-24-18(19)5-6-20(27)28/h5-6,13-14H,7-12,15-16H2,1-4H3. The van der Waals surface area contributed by atoms with Crippen LogP contribution in [-0.4, -0.2) is 70.9 Å². The van der Waals surface area contributed by atoms with Gasteiger partial charge in [0.25, 0.3) is 5.56 Å². The van der Waals surface area contributed by atoms with Gasteiger partial charge >= 0.3 is 6.09 Å². The molecule has 2 saturated heterocycles. The molecule has 4 rings (SSSR count). The highest BCUT2D eigenvalue weighted by Gasteiger charge is 2.45. The summed E-state index contributed by atoms with van der Waals surface area (Å²) >= 11 is 0. The molecule has 0 N–H and O–H groups in total. The normalized spacial score (nSPS) is 21.9. The van der Waals surface area contributed by atoms with E-state index in [4.69, 9.17) is 9.47 Å². The van der Waals surface area contributed by atoms with Gasteiger partial charge in [0.2, 0.25) is 0 Å². The molecule has 1 spiro atoms. The number of carbonyl (C=O) groups is 1. The third-order valence-electron chi connectivity index (χ3n) is 6.30. The van der Waals surface area contributed by atoms with Gasteiger partial charge in [-0.15, -0.1) is 0 Å². The molecule has 1 atom stereocenters. The molecular weight excluding hydrogens is 396 g/mol. The summed E-state index contributed by atoms with van der Waals surface area (Å²) in [4.78, 5) is 33.6. The maximum Gasteiger partial charge on any atom is 0.410 e. The summed E-state index contributed by atoms with van der Waals surface area (Å²) in [6.07, 6.45) is 3.51. The second kappa shape index (κ2) is 8.15. The molecule has 0 bridgehead atoms. The average Bonchev–Trinajstić information content (AvgIpc) is 3.32. The minimum atomic E-state index is -0.474. The number of pyridine rings is 2. The number of hydrogen-bond acceptors (Lipinski definition) is 6. The van der Waals surface area contributed by atoms with Gasteiger partial charge in [0.1, 0.15) is 11.4 Å². The summed E-state index contributed by atoms with van der Waals surface area (Å²) in [5.74, 6) is 0.639. The molecule has 31 heavy (non-hydrogen) atoms. The predicted octanol–water partition coefficient (Wildman–Crippen LogP) is 2.74. The van der Waals surface area contributed by atoms with Crippen LogP contribution < -0.4 is 10.3 Å². The lowest BCUT2D eigenvalue weighted by Gasteiger charge is -2.27. The van der Waals surface area contributed by atoms with E-state index in [0.29, 0.717) is 12.3 Å². The van der Waals surface area contributed by atoms with Gasteiger partial charge in [-0.2, -0.15) is 0 Å². The third kappa shape index (κ3) is 4.69. The lowest BCUT2D eigenvalue weighted by atomic mass is 9.86. The molecule has 1 amide bonds. The molecule has 0 radical (unpaired) electrons. The van der Waals surface area contributed by atoms with Crippen molar-refractivity contribution in [1.82, 2.24) is 19.4 Å². The van der Waals surface area contributed by atoms with Gasteiger partial charge in [0.05, 0.1) is 24.3 Å². The Labute approximate surface area is 182 Å². The van der Waals surface area contributed by atoms with Crippen molar-refractivity contribution in [3.05, 3.63) is 34.7 Å². The summed E-state index contributed by atoms with van der Waals surface area (Å²) in [6, 6.07) is 5.19. The molecule has 2 aromatic rings. The summed E-state index contributed by atoms with van der Waals surface area (Å²) in [5.41, 5.74) is 1.19. The number of methoxy groups -OCH3 is 1. The van der Waals surface area contributed by atoms with Gasteiger partial charge < -0.3 is 23.8 Å². The molecule has 2 fully saturated rings. The average molecular weight is 429 g/mol. The van der Waals surface area contributed by atoms with E-state index in [1.165, 1.54) is 0 Å². The fourth-order valence-electron chi connectivity index (χ4n) is 4.70. The van der Waals surface area contributed by atoms with Crippen LogP contribution in [0.3, 0.4) is 0 Å². The van der Waals surface area contributed by atoms with Gasteiger partial charge in [-0.25, -0.2) is 4.79 Å². The van der Waals surface area contributed by atoms with Gasteiger partial charge in [-0.1, -0.05) is 0 Å². The molecule has 0 aromatic carbocycles. The lowest BCUT2D eigenvalue weighted by molar-refractivity contribution is 0.0274. The Balaban J connectivity index is 1.40. The van der Waals surface area contributed by atoms with E-state index in [2.05, 4.69) is 9.88 Å². The zero-order valence-corrected chi connectivity index (χ0v) is 18.9. The largest absolute Gasteiger partial charge is 0.495 e. The molecule has 8 nitrogen and oxygen atoms in total. The van der Waals surface area contributed by atoms with Crippen LogP contribution in [0.15, 0.2) is 29.2 Å². The number of carbonyl (C=O) groups excluding carboxylic acids is 1. The minimum absolute atomic E-state index is 0.0339. The highest BCUT2D eigenvalue weighted by molar-refractivity contribution is 5.75. The molecule has 2 aliphatic heterocycles. The van der Waals surface area contributed by atoms with E-state index in [9.17, 15) is 9.59 Å². The first-order valence-electron chi connectivity index (χ1n) is 10.9. The van der Waals surface area contributed by atoms with E-state index >= 15 is 0 Å². The Hall–Kier alpha value is -2.61. The van der Waals surface area contributed by atoms with Crippen molar-refractivity contribution in [3.63, 3.8) is 0 Å². The van der Waals surface area contributed by atoms with E-state index in [1.807, 2.05) is 31.7 Å². The van der Waals surface area contributed by atoms with Gasteiger partial charge in [0, 0.05) is 50.3 Å². The number of nitrogens with zero attached hydrogens (tertiary/aromatic N) is 4. The van der Waals surface area contributed by atoms with E-state index in [-0.39, 0.29) is 17.1 Å². The predicted molar refractivity (Wildman–Crippen MR) is 118 cm³/mol. The molecule has 1 unspecified atom stereocenters. The minimum Gasteiger partial charge on any atom is -0.495 e. The fourth-order valence-corrected chi connectivity index (χ4v) is 4.70. The molecule has 4 heterocycles. The number of hydrogen-bond donors (Lipinski definition) is 0.